The highest BCUT2D eigenvalue weighted by Crippen LogP contribution is 2.38. The molecule has 2 aromatic carbocycles. The van der Waals surface area contributed by atoms with Crippen molar-refractivity contribution in [1.29, 1.82) is 0 Å². The van der Waals surface area contributed by atoms with Gasteiger partial charge in [-0.3, -0.25) is 9.69 Å². The molecular formula is C32H37ClF2N6O4. The molecule has 2 fully saturated rings. The largest absolute Gasteiger partial charge is 0.462 e. The van der Waals surface area contributed by atoms with Crippen LogP contribution in [0.5, 0.6) is 6.01 Å². The molecule has 13 heteroatoms. The number of nitrogens with zero attached hydrogens (tertiary/aromatic N) is 6. The van der Waals surface area contributed by atoms with Gasteiger partial charge in [-0.2, -0.15) is 9.97 Å². The average Bonchev–Trinajstić information content (AvgIpc) is 3.03. The zero-order valence-corrected chi connectivity index (χ0v) is 26.3. The summed E-state index contributed by atoms with van der Waals surface area (Å²) in [5.74, 6) is -1.36. The van der Waals surface area contributed by atoms with Crippen molar-refractivity contribution >= 4 is 39.8 Å². The van der Waals surface area contributed by atoms with Gasteiger partial charge < -0.3 is 28.9 Å². The second-order valence-corrected chi connectivity index (χ2v) is 12.1. The summed E-state index contributed by atoms with van der Waals surface area (Å²) < 4.78 is 45.1. The summed E-state index contributed by atoms with van der Waals surface area (Å²) in [5.41, 5.74) is 2.45. The number of rotatable bonds is 10. The predicted molar refractivity (Wildman–Crippen MR) is 168 cm³/mol. The molecule has 1 aromatic heterocycles. The molecule has 1 amide bonds. The molecule has 0 radical (unpaired) electrons. The van der Waals surface area contributed by atoms with E-state index in [4.69, 9.17) is 35.8 Å². The maximum absolute atomic E-state index is 14.5. The van der Waals surface area contributed by atoms with Crippen molar-refractivity contribution < 1.29 is 27.8 Å². The Kier molecular flexibility index (Phi) is 9.10. The first kappa shape index (κ1) is 31.4. The predicted octanol–water partition coefficient (Wildman–Crippen LogP) is 3.84. The van der Waals surface area contributed by atoms with E-state index in [1.807, 2.05) is 25.2 Å². The van der Waals surface area contributed by atoms with Crippen molar-refractivity contribution in [2.45, 2.75) is 18.5 Å². The molecule has 0 bridgehead atoms. The molecule has 4 heterocycles. The number of likely N-dealkylation sites (N-methyl/N-ethyl adjacent to an activating group) is 1. The van der Waals surface area contributed by atoms with E-state index in [0.717, 1.165) is 28.1 Å². The van der Waals surface area contributed by atoms with Crippen molar-refractivity contribution in [1.82, 2.24) is 19.8 Å². The van der Waals surface area contributed by atoms with Gasteiger partial charge in [0.05, 0.1) is 42.6 Å². The molecule has 0 spiro atoms. The van der Waals surface area contributed by atoms with Gasteiger partial charge in [0.1, 0.15) is 18.2 Å². The molecule has 6 rings (SSSR count). The van der Waals surface area contributed by atoms with Crippen molar-refractivity contribution in [2.75, 3.05) is 89.7 Å². The Morgan fingerprint density at radius 3 is 2.60 bits per heavy atom. The molecule has 0 atom stereocenters. The van der Waals surface area contributed by atoms with Crippen molar-refractivity contribution in [3.63, 3.8) is 0 Å². The van der Waals surface area contributed by atoms with Crippen molar-refractivity contribution in [2.24, 2.45) is 0 Å². The van der Waals surface area contributed by atoms with Crippen LogP contribution in [-0.4, -0.2) is 111 Å². The zero-order chi connectivity index (χ0) is 31.7. The lowest BCUT2D eigenvalue weighted by atomic mass is 9.97. The highest BCUT2D eigenvalue weighted by molar-refractivity contribution is 6.36. The van der Waals surface area contributed by atoms with Crippen LogP contribution in [0.25, 0.3) is 10.8 Å². The summed E-state index contributed by atoms with van der Waals surface area (Å²) in [6.45, 7) is 8.61. The number of amides is 1. The van der Waals surface area contributed by atoms with Gasteiger partial charge in [0.2, 0.25) is 0 Å². The van der Waals surface area contributed by atoms with Crippen LogP contribution >= 0.6 is 11.6 Å². The lowest BCUT2D eigenvalue weighted by Crippen LogP contribution is -2.64. The number of piperazine rings is 1. The summed E-state index contributed by atoms with van der Waals surface area (Å²) in [4.78, 5) is 29.8. The molecule has 0 N–H and O–H groups in total. The molecule has 3 aliphatic rings. The molecule has 240 valence electrons. The minimum Gasteiger partial charge on any atom is -0.462 e. The smallest absolute Gasteiger partial charge is 0.318 e. The van der Waals surface area contributed by atoms with Gasteiger partial charge >= 0.3 is 6.01 Å². The normalized spacial score (nSPS) is 17.8. The topological polar surface area (TPSA) is 83.5 Å². The Morgan fingerprint density at radius 1 is 1.13 bits per heavy atom. The molecule has 0 aliphatic carbocycles. The van der Waals surface area contributed by atoms with Gasteiger partial charge in [0.15, 0.2) is 5.83 Å². The van der Waals surface area contributed by atoms with Crippen LogP contribution in [0.3, 0.4) is 0 Å². The summed E-state index contributed by atoms with van der Waals surface area (Å²) in [7, 11) is 3.70. The van der Waals surface area contributed by atoms with E-state index in [2.05, 4.69) is 21.3 Å². The third-order valence-electron chi connectivity index (χ3n) is 9.00. The number of hydrogen-bond acceptors (Lipinski definition) is 9. The zero-order valence-electron chi connectivity index (χ0n) is 25.5. The number of benzene rings is 2. The molecule has 3 aliphatic heterocycles. The molecule has 0 saturated carbocycles. The fraction of sp³-hybridized carbons (Fsp3) is 0.469. The second kappa shape index (κ2) is 13.0. The lowest BCUT2D eigenvalue weighted by Gasteiger charge is -2.47. The fourth-order valence-electron chi connectivity index (χ4n) is 6.30. The molecule has 0 unspecified atom stereocenters. The van der Waals surface area contributed by atoms with Gasteiger partial charge in [-0.1, -0.05) is 36.4 Å². The minimum atomic E-state index is -0.960. The number of halogens is 3. The van der Waals surface area contributed by atoms with Gasteiger partial charge in [-0.15, -0.1) is 0 Å². The molecule has 2 saturated heterocycles. The second-order valence-electron chi connectivity index (χ2n) is 11.8. The summed E-state index contributed by atoms with van der Waals surface area (Å²) in [5, 5.41) is 1.61. The van der Waals surface area contributed by atoms with Crippen LogP contribution in [0.1, 0.15) is 11.3 Å². The van der Waals surface area contributed by atoms with E-state index >= 15 is 0 Å². The average molecular weight is 643 g/mol. The Morgan fingerprint density at radius 2 is 1.91 bits per heavy atom. The Bertz CT molecular complexity index is 1600. The number of ether oxygens (including phenoxy) is 3. The number of hydrogen-bond donors (Lipinski definition) is 0. The number of anilines is 2. The highest BCUT2D eigenvalue weighted by atomic mass is 35.5. The Hall–Kier alpha value is -3.58. The third-order valence-corrected chi connectivity index (χ3v) is 9.37. The van der Waals surface area contributed by atoms with E-state index in [9.17, 15) is 13.6 Å². The van der Waals surface area contributed by atoms with Crippen LogP contribution in [0.4, 0.5) is 20.3 Å². The van der Waals surface area contributed by atoms with E-state index in [1.165, 1.54) is 11.0 Å². The first-order chi connectivity index (χ1) is 21.7. The van der Waals surface area contributed by atoms with E-state index in [1.54, 1.807) is 13.2 Å². The number of carbonyl (C=O) groups is 1. The van der Waals surface area contributed by atoms with Gasteiger partial charge in [0, 0.05) is 63.0 Å². The van der Waals surface area contributed by atoms with Crippen LogP contribution in [0.2, 0.25) is 5.02 Å². The maximum atomic E-state index is 14.5. The summed E-state index contributed by atoms with van der Waals surface area (Å²) >= 11 is 6.47. The minimum absolute atomic E-state index is 0.0944. The highest BCUT2D eigenvalue weighted by Gasteiger charge is 2.42. The number of methoxy groups -OCH3 is 1. The van der Waals surface area contributed by atoms with Crippen LogP contribution in [0, 0.1) is 5.82 Å². The molecule has 45 heavy (non-hydrogen) atoms. The molecule has 10 nitrogen and oxygen atoms in total. The number of fused-ring (bicyclic) bond motifs is 2. The third kappa shape index (κ3) is 6.16. The SMILES string of the molecule is C=C(F)C(=O)N1CCN(c2nc(OCCN(C)C3(COC)COC3)nc3c2CCN(c2cccc4ccc(F)c(Cl)c24)C3)CC1. The van der Waals surface area contributed by atoms with E-state index in [-0.39, 0.29) is 16.6 Å². The van der Waals surface area contributed by atoms with Crippen LogP contribution in [0.15, 0.2) is 42.7 Å². The van der Waals surface area contributed by atoms with E-state index in [0.29, 0.717) is 84.0 Å². The van der Waals surface area contributed by atoms with Crippen molar-refractivity contribution in [3.8, 4) is 6.01 Å². The summed E-state index contributed by atoms with van der Waals surface area (Å²) in [6.07, 6.45) is 0.636. The van der Waals surface area contributed by atoms with Crippen LogP contribution in [-0.2, 0) is 27.2 Å². The summed E-state index contributed by atoms with van der Waals surface area (Å²) in [6, 6.07) is 9.17. The monoisotopic (exact) mass is 642 g/mol. The Labute approximate surface area is 266 Å². The fourth-order valence-corrected chi connectivity index (χ4v) is 6.57. The van der Waals surface area contributed by atoms with Crippen molar-refractivity contribution in [3.05, 3.63) is 64.8 Å². The first-order valence-corrected chi connectivity index (χ1v) is 15.4. The number of carbonyl (C=O) groups excluding carboxylic acids is 1. The lowest BCUT2D eigenvalue weighted by molar-refractivity contribution is -0.159. The Balaban J connectivity index is 1.27. The molecular weight excluding hydrogens is 606 g/mol. The standard InChI is InChI=1S/C32H37ClF2N6O4/c1-21(34)30(42)40-13-11-39(12-14-40)29-23-9-10-41(26-6-4-5-22-7-8-24(35)28(33)27(22)26)17-25(23)36-31(37-29)45-16-15-38(2)32(18-43-3)19-44-20-32/h4-8H,1,9-20H2,2-3H3. The quantitative estimate of drug-likeness (QED) is 0.307. The van der Waals surface area contributed by atoms with Crippen LogP contribution < -0.4 is 14.5 Å². The van der Waals surface area contributed by atoms with Gasteiger partial charge in [-0.25, -0.2) is 8.78 Å². The van der Waals surface area contributed by atoms with Gasteiger partial charge in [-0.05, 0) is 31.0 Å². The van der Waals surface area contributed by atoms with E-state index < -0.39 is 17.6 Å². The first-order valence-electron chi connectivity index (χ1n) is 15.0. The van der Waals surface area contributed by atoms with Gasteiger partial charge in [0.25, 0.3) is 5.91 Å². The number of aromatic nitrogens is 2. The molecule has 3 aromatic rings. The maximum Gasteiger partial charge on any atom is 0.318 e.